The van der Waals surface area contributed by atoms with Gasteiger partial charge in [-0.25, -0.2) is 0 Å². The second-order valence-electron chi connectivity index (χ2n) is 6.03. The molecule has 0 aliphatic carbocycles. The number of aliphatic hydroxyl groups is 2. The van der Waals surface area contributed by atoms with E-state index in [0.717, 1.165) is 0 Å². The normalized spacial score (nSPS) is 14.4. The Morgan fingerprint density at radius 1 is 1.10 bits per heavy atom. The van der Waals surface area contributed by atoms with E-state index in [1.165, 1.54) is 0 Å². The van der Waals surface area contributed by atoms with E-state index in [1.54, 1.807) is 27.7 Å². The lowest BCUT2D eigenvalue weighted by Gasteiger charge is -2.21. The van der Waals surface area contributed by atoms with E-state index in [2.05, 4.69) is 0 Å². The molecule has 0 aliphatic rings. The molecule has 0 fully saturated rings. The lowest BCUT2D eigenvalue weighted by Crippen LogP contribution is -2.28. The molecule has 0 aromatic carbocycles. The van der Waals surface area contributed by atoms with Gasteiger partial charge in [0.15, 0.2) is 0 Å². The molecule has 0 unspecified atom stereocenters. The second-order valence-corrected chi connectivity index (χ2v) is 6.03. The van der Waals surface area contributed by atoms with Crippen LogP contribution in [-0.2, 0) is 19.1 Å². The minimum atomic E-state index is -0.947. The zero-order valence-corrected chi connectivity index (χ0v) is 13.4. The van der Waals surface area contributed by atoms with Crippen molar-refractivity contribution in [2.24, 2.45) is 0 Å². The average molecular weight is 304 g/mol. The highest BCUT2D eigenvalue weighted by Gasteiger charge is 2.21. The van der Waals surface area contributed by atoms with Gasteiger partial charge in [-0.15, -0.1) is 0 Å². The highest BCUT2D eigenvalue weighted by Crippen LogP contribution is 2.13. The van der Waals surface area contributed by atoms with Crippen molar-refractivity contribution < 1.29 is 29.3 Å². The fourth-order valence-corrected chi connectivity index (χ4v) is 1.81. The van der Waals surface area contributed by atoms with E-state index < -0.39 is 23.8 Å². The van der Waals surface area contributed by atoms with Crippen molar-refractivity contribution in [1.82, 2.24) is 0 Å². The Balaban J connectivity index is 3.86. The molecule has 0 rings (SSSR count). The van der Waals surface area contributed by atoms with Crippen molar-refractivity contribution in [3.8, 4) is 0 Å². The van der Waals surface area contributed by atoms with Crippen molar-refractivity contribution in [2.75, 3.05) is 6.61 Å². The van der Waals surface area contributed by atoms with Gasteiger partial charge in [-0.2, -0.15) is 0 Å². The monoisotopic (exact) mass is 304 g/mol. The maximum atomic E-state index is 11.5. The van der Waals surface area contributed by atoms with Crippen LogP contribution in [0.25, 0.3) is 0 Å². The number of hydrogen-bond donors (Lipinski definition) is 2. The third-order valence-corrected chi connectivity index (χ3v) is 2.59. The van der Waals surface area contributed by atoms with E-state index in [1.807, 2.05) is 0 Å². The molecule has 21 heavy (non-hydrogen) atoms. The van der Waals surface area contributed by atoms with E-state index in [9.17, 15) is 19.8 Å². The fourth-order valence-electron chi connectivity index (χ4n) is 1.81. The summed E-state index contributed by atoms with van der Waals surface area (Å²) in [6, 6.07) is 0. The van der Waals surface area contributed by atoms with Crippen LogP contribution in [-0.4, -0.2) is 46.6 Å². The predicted molar refractivity (Wildman–Crippen MR) is 77.6 cm³/mol. The molecule has 124 valence electrons. The first-order valence-electron chi connectivity index (χ1n) is 7.37. The Morgan fingerprint density at radius 3 is 2.24 bits per heavy atom. The van der Waals surface area contributed by atoms with Crippen LogP contribution in [0.4, 0.5) is 0 Å². The first kappa shape index (κ1) is 19.9. The van der Waals surface area contributed by atoms with E-state index in [4.69, 9.17) is 9.47 Å². The van der Waals surface area contributed by atoms with Crippen LogP contribution in [0, 0.1) is 0 Å². The zero-order valence-electron chi connectivity index (χ0n) is 13.4. The average Bonchev–Trinajstić information content (AvgIpc) is 2.25. The van der Waals surface area contributed by atoms with Gasteiger partial charge < -0.3 is 19.7 Å². The first-order valence-corrected chi connectivity index (χ1v) is 7.37. The van der Waals surface area contributed by atoms with Gasteiger partial charge in [0.2, 0.25) is 0 Å². The molecule has 2 N–H and O–H groups in total. The molecule has 0 radical (unpaired) electrons. The van der Waals surface area contributed by atoms with Crippen molar-refractivity contribution in [2.45, 2.75) is 77.6 Å². The van der Waals surface area contributed by atoms with Crippen LogP contribution < -0.4 is 0 Å². The van der Waals surface area contributed by atoms with Gasteiger partial charge in [-0.1, -0.05) is 0 Å². The summed E-state index contributed by atoms with van der Waals surface area (Å²) in [5.41, 5.74) is -0.588. The number of carbonyl (C=O) groups is 2. The van der Waals surface area contributed by atoms with Crippen molar-refractivity contribution in [3.63, 3.8) is 0 Å². The summed E-state index contributed by atoms with van der Waals surface area (Å²) in [4.78, 5) is 22.6. The predicted octanol–water partition coefficient (Wildman–Crippen LogP) is 1.56. The summed E-state index contributed by atoms with van der Waals surface area (Å²) >= 11 is 0. The highest BCUT2D eigenvalue weighted by molar-refractivity contribution is 5.70. The van der Waals surface area contributed by atoms with Gasteiger partial charge in [0.1, 0.15) is 5.60 Å². The van der Waals surface area contributed by atoms with Gasteiger partial charge in [0.25, 0.3) is 0 Å². The van der Waals surface area contributed by atoms with Gasteiger partial charge in [0, 0.05) is 6.42 Å². The largest absolute Gasteiger partial charge is 0.466 e. The molecular formula is C15H28O6. The SMILES string of the molecule is CCOC(=O)CCC[C@H](O)C[C@@H](O)CC(=O)OC(C)(C)C. The highest BCUT2D eigenvalue weighted by atomic mass is 16.6. The number of ether oxygens (including phenoxy) is 2. The van der Waals surface area contributed by atoms with Gasteiger partial charge in [-0.05, 0) is 47.0 Å². The van der Waals surface area contributed by atoms with Crippen molar-refractivity contribution in [3.05, 3.63) is 0 Å². The van der Waals surface area contributed by atoms with Crippen molar-refractivity contribution >= 4 is 11.9 Å². The van der Waals surface area contributed by atoms with Gasteiger partial charge in [-0.3, -0.25) is 9.59 Å². The molecule has 0 amide bonds. The minimum Gasteiger partial charge on any atom is -0.466 e. The smallest absolute Gasteiger partial charge is 0.308 e. The standard InChI is InChI=1S/C15H28O6/c1-5-20-13(18)8-6-7-11(16)9-12(17)10-14(19)21-15(2,3)4/h11-12,16-17H,5-10H2,1-4H3/t11-,12+/m0/s1. The van der Waals surface area contributed by atoms with E-state index >= 15 is 0 Å². The summed E-state index contributed by atoms with van der Waals surface area (Å²) in [5, 5.41) is 19.5. The summed E-state index contributed by atoms with van der Waals surface area (Å²) in [6.45, 7) is 7.33. The topological polar surface area (TPSA) is 93.1 Å². The maximum absolute atomic E-state index is 11.5. The molecule has 0 aliphatic heterocycles. The fraction of sp³-hybridized carbons (Fsp3) is 0.867. The number of esters is 2. The number of hydrogen-bond acceptors (Lipinski definition) is 6. The molecule has 0 saturated heterocycles. The Hall–Kier alpha value is -1.14. The summed E-state index contributed by atoms with van der Waals surface area (Å²) < 4.78 is 9.86. The minimum absolute atomic E-state index is 0.0854. The molecule has 0 spiro atoms. The molecule has 6 nitrogen and oxygen atoms in total. The first-order chi connectivity index (χ1) is 9.64. The molecule has 2 atom stereocenters. The molecule has 0 bridgehead atoms. The molecule has 6 heteroatoms. The molecule has 0 aromatic heterocycles. The lowest BCUT2D eigenvalue weighted by molar-refractivity contribution is -0.157. The Morgan fingerprint density at radius 2 is 1.71 bits per heavy atom. The van der Waals surface area contributed by atoms with Crippen LogP contribution >= 0.6 is 0 Å². The van der Waals surface area contributed by atoms with Crippen molar-refractivity contribution in [1.29, 1.82) is 0 Å². The van der Waals surface area contributed by atoms with Crippen LogP contribution in [0.15, 0.2) is 0 Å². The van der Waals surface area contributed by atoms with E-state index in [-0.39, 0.29) is 25.2 Å². The Labute approximate surface area is 126 Å². The second kappa shape index (κ2) is 9.73. The van der Waals surface area contributed by atoms with Gasteiger partial charge >= 0.3 is 11.9 Å². The van der Waals surface area contributed by atoms with E-state index in [0.29, 0.717) is 19.4 Å². The Kier molecular flexibility index (Phi) is 9.21. The molecule has 0 saturated carbocycles. The number of rotatable bonds is 9. The summed E-state index contributed by atoms with van der Waals surface area (Å²) in [5.74, 6) is -0.785. The third kappa shape index (κ3) is 12.3. The molecule has 0 aromatic rings. The Bertz CT molecular complexity index is 321. The maximum Gasteiger partial charge on any atom is 0.308 e. The third-order valence-electron chi connectivity index (χ3n) is 2.59. The molecule has 0 heterocycles. The zero-order chi connectivity index (χ0) is 16.5. The summed E-state index contributed by atoms with van der Waals surface area (Å²) in [6.07, 6.45) is -0.653. The van der Waals surface area contributed by atoms with Crippen LogP contribution in [0.5, 0.6) is 0 Å². The lowest BCUT2D eigenvalue weighted by atomic mass is 10.0. The van der Waals surface area contributed by atoms with Crippen LogP contribution in [0.1, 0.15) is 59.8 Å². The number of carbonyl (C=O) groups excluding carboxylic acids is 2. The van der Waals surface area contributed by atoms with Gasteiger partial charge in [0.05, 0.1) is 25.2 Å². The van der Waals surface area contributed by atoms with Crippen LogP contribution in [0.3, 0.4) is 0 Å². The molecular weight excluding hydrogens is 276 g/mol. The van der Waals surface area contributed by atoms with Crippen LogP contribution in [0.2, 0.25) is 0 Å². The quantitative estimate of drug-likeness (QED) is 0.628. The number of aliphatic hydroxyl groups excluding tert-OH is 2. The summed E-state index contributed by atoms with van der Waals surface area (Å²) in [7, 11) is 0.